The molecule has 30 heavy (non-hydrogen) atoms. The Balaban J connectivity index is 1.82. The maximum Gasteiger partial charge on any atom is 0.262 e. The molecule has 154 valence electrons. The molecule has 0 bridgehead atoms. The molecule has 0 saturated carbocycles. The Labute approximate surface area is 179 Å². The molecule has 6 nitrogen and oxygen atoms in total. The molecule has 0 radical (unpaired) electrons. The van der Waals surface area contributed by atoms with Crippen molar-refractivity contribution in [1.29, 1.82) is 0 Å². The van der Waals surface area contributed by atoms with E-state index in [0.717, 1.165) is 27.3 Å². The first-order valence-corrected chi connectivity index (χ1v) is 10.8. The zero-order valence-electron chi connectivity index (χ0n) is 17.5. The van der Waals surface area contributed by atoms with Crippen LogP contribution >= 0.6 is 11.3 Å². The summed E-state index contributed by atoms with van der Waals surface area (Å²) in [6, 6.07) is 12.1. The highest BCUT2D eigenvalue weighted by Gasteiger charge is 2.18. The van der Waals surface area contributed by atoms with E-state index in [9.17, 15) is 4.79 Å². The summed E-state index contributed by atoms with van der Waals surface area (Å²) < 4.78 is 7.36. The summed E-state index contributed by atoms with van der Waals surface area (Å²) >= 11 is 1.55. The van der Waals surface area contributed by atoms with Crippen molar-refractivity contribution < 1.29 is 9.53 Å². The summed E-state index contributed by atoms with van der Waals surface area (Å²) in [5, 5.41) is 9.82. The second-order valence-electron chi connectivity index (χ2n) is 7.22. The lowest BCUT2D eigenvalue weighted by atomic mass is 10.0. The number of amides is 1. The summed E-state index contributed by atoms with van der Waals surface area (Å²) in [4.78, 5) is 17.1. The number of thiazole rings is 1. The zero-order valence-corrected chi connectivity index (χ0v) is 18.3. The van der Waals surface area contributed by atoms with Crippen LogP contribution in [-0.2, 0) is 4.79 Å². The van der Waals surface area contributed by atoms with Crippen molar-refractivity contribution in [3.8, 4) is 17.0 Å². The lowest BCUT2D eigenvalue weighted by Gasteiger charge is -2.18. The lowest BCUT2D eigenvalue weighted by Crippen LogP contribution is -2.25. The Kier molecular flexibility index (Phi) is 5.55. The van der Waals surface area contributed by atoms with Crippen molar-refractivity contribution >= 4 is 28.6 Å². The van der Waals surface area contributed by atoms with E-state index in [2.05, 4.69) is 42.4 Å². The van der Waals surface area contributed by atoms with Crippen molar-refractivity contribution in [2.45, 2.75) is 27.7 Å². The van der Waals surface area contributed by atoms with Crippen molar-refractivity contribution in [2.24, 2.45) is 10.1 Å². The first-order chi connectivity index (χ1) is 14.5. The van der Waals surface area contributed by atoms with E-state index in [1.807, 2.05) is 42.1 Å². The van der Waals surface area contributed by atoms with Crippen LogP contribution in [0.2, 0.25) is 0 Å². The van der Waals surface area contributed by atoms with E-state index < -0.39 is 0 Å². The molecule has 2 heterocycles. The SMILES string of the molecule is CCN=c1scc(-c2ccc3c(c2)NC(=O)CO3)n1N=C(C)c1ccc(C)c(C)c1. The molecule has 1 aliphatic rings. The minimum atomic E-state index is -0.150. The van der Waals surface area contributed by atoms with Crippen molar-refractivity contribution in [1.82, 2.24) is 4.68 Å². The second-order valence-corrected chi connectivity index (χ2v) is 8.06. The van der Waals surface area contributed by atoms with E-state index in [0.29, 0.717) is 18.0 Å². The van der Waals surface area contributed by atoms with Gasteiger partial charge in [0.05, 0.1) is 17.1 Å². The number of aryl methyl sites for hydroxylation is 2. The number of anilines is 1. The first kappa shape index (κ1) is 20.1. The third-order valence-electron chi connectivity index (χ3n) is 5.06. The summed E-state index contributed by atoms with van der Waals surface area (Å²) in [6.45, 7) is 8.95. The van der Waals surface area contributed by atoms with Crippen LogP contribution in [0.4, 0.5) is 5.69 Å². The van der Waals surface area contributed by atoms with Gasteiger partial charge in [-0.05, 0) is 68.7 Å². The highest BCUT2D eigenvalue weighted by atomic mass is 32.1. The van der Waals surface area contributed by atoms with E-state index >= 15 is 0 Å². The molecule has 4 rings (SSSR count). The number of benzene rings is 2. The van der Waals surface area contributed by atoms with Gasteiger partial charge in [-0.1, -0.05) is 12.1 Å². The number of nitrogens with zero attached hydrogens (tertiary/aromatic N) is 3. The molecule has 3 aromatic rings. The number of carbonyl (C=O) groups excluding carboxylic acids is 1. The molecule has 1 aliphatic heterocycles. The molecular formula is C23H24N4O2S. The minimum absolute atomic E-state index is 0.0454. The van der Waals surface area contributed by atoms with Crippen LogP contribution < -0.4 is 14.9 Å². The van der Waals surface area contributed by atoms with E-state index in [1.165, 1.54) is 11.1 Å². The Morgan fingerprint density at radius 2 is 2.03 bits per heavy atom. The zero-order chi connectivity index (χ0) is 21.3. The molecule has 0 unspecified atom stereocenters. The van der Waals surface area contributed by atoms with Crippen LogP contribution in [0.25, 0.3) is 11.3 Å². The number of nitrogens with one attached hydrogen (secondary N) is 1. The average molecular weight is 421 g/mol. The van der Waals surface area contributed by atoms with E-state index in [4.69, 9.17) is 9.84 Å². The van der Waals surface area contributed by atoms with Crippen LogP contribution in [0.3, 0.4) is 0 Å². The molecule has 1 amide bonds. The van der Waals surface area contributed by atoms with Crippen molar-refractivity contribution in [2.75, 3.05) is 18.5 Å². The maximum atomic E-state index is 11.7. The molecule has 0 spiro atoms. The fourth-order valence-corrected chi connectivity index (χ4v) is 4.15. The predicted octanol–water partition coefficient (Wildman–Crippen LogP) is 4.36. The van der Waals surface area contributed by atoms with Gasteiger partial charge < -0.3 is 10.1 Å². The van der Waals surface area contributed by atoms with Gasteiger partial charge in [0, 0.05) is 17.5 Å². The molecule has 0 aliphatic carbocycles. The van der Waals surface area contributed by atoms with Gasteiger partial charge in [-0.2, -0.15) is 5.10 Å². The number of rotatable bonds is 4. The van der Waals surface area contributed by atoms with Crippen molar-refractivity contribution in [3.63, 3.8) is 0 Å². The number of ether oxygens (including phenoxy) is 1. The van der Waals surface area contributed by atoms with Crippen LogP contribution in [0.5, 0.6) is 5.75 Å². The van der Waals surface area contributed by atoms with Gasteiger partial charge in [0.1, 0.15) is 5.75 Å². The van der Waals surface area contributed by atoms with Crippen LogP contribution in [0.15, 0.2) is 51.9 Å². The third kappa shape index (κ3) is 3.93. The smallest absolute Gasteiger partial charge is 0.262 e. The quantitative estimate of drug-likeness (QED) is 0.638. The molecule has 0 fully saturated rings. The summed E-state index contributed by atoms with van der Waals surface area (Å²) in [7, 11) is 0. The van der Waals surface area contributed by atoms with Gasteiger partial charge in [-0.15, -0.1) is 11.3 Å². The number of hydrogen-bond acceptors (Lipinski definition) is 5. The van der Waals surface area contributed by atoms with Gasteiger partial charge >= 0.3 is 0 Å². The van der Waals surface area contributed by atoms with Gasteiger partial charge in [0.2, 0.25) is 4.80 Å². The van der Waals surface area contributed by atoms with Crippen LogP contribution in [-0.4, -0.2) is 29.4 Å². The van der Waals surface area contributed by atoms with E-state index in [1.54, 1.807) is 11.3 Å². The van der Waals surface area contributed by atoms with Gasteiger partial charge in [0.25, 0.3) is 5.91 Å². The normalized spacial score (nSPS) is 14.3. The molecule has 2 aromatic carbocycles. The molecule has 1 N–H and O–H groups in total. The predicted molar refractivity (Wildman–Crippen MR) is 121 cm³/mol. The minimum Gasteiger partial charge on any atom is -0.482 e. The fraction of sp³-hybridized carbons (Fsp3) is 0.261. The largest absolute Gasteiger partial charge is 0.482 e. The standard InChI is InChI=1S/C23H24N4O2S/c1-5-24-23-27(26-16(4)17-7-6-14(2)15(3)10-17)20(13-30-23)18-8-9-21-19(11-18)25-22(28)12-29-21/h6-11,13H,5,12H2,1-4H3,(H,25,28). The second kappa shape index (κ2) is 8.28. The highest BCUT2D eigenvalue weighted by molar-refractivity contribution is 7.07. The van der Waals surface area contributed by atoms with Crippen LogP contribution in [0.1, 0.15) is 30.5 Å². The summed E-state index contributed by atoms with van der Waals surface area (Å²) in [5.41, 5.74) is 7.01. The lowest BCUT2D eigenvalue weighted by molar-refractivity contribution is -0.118. The van der Waals surface area contributed by atoms with Crippen molar-refractivity contribution in [3.05, 3.63) is 63.3 Å². The van der Waals surface area contributed by atoms with Gasteiger partial charge in [-0.25, -0.2) is 4.68 Å². The number of hydrogen-bond donors (Lipinski definition) is 1. The Hall–Kier alpha value is -3.19. The Morgan fingerprint density at radius 1 is 1.20 bits per heavy atom. The summed E-state index contributed by atoms with van der Waals surface area (Å²) in [6.07, 6.45) is 0. The third-order valence-corrected chi connectivity index (χ3v) is 5.92. The van der Waals surface area contributed by atoms with Crippen LogP contribution in [0, 0.1) is 13.8 Å². The fourth-order valence-electron chi connectivity index (χ4n) is 3.25. The molecule has 0 saturated heterocycles. The molecular weight excluding hydrogens is 396 g/mol. The molecule has 0 atom stereocenters. The van der Waals surface area contributed by atoms with Gasteiger partial charge in [0.15, 0.2) is 6.61 Å². The number of aromatic nitrogens is 1. The summed E-state index contributed by atoms with van der Waals surface area (Å²) in [5.74, 6) is 0.525. The first-order valence-electron chi connectivity index (χ1n) is 9.87. The molecule has 1 aromatic heterocycles. The Morgan fingerprint density at radius 3 is 2.80 bits per heavy atom. The van der Waals surface area contributed by atoms with Gasteiger partial charge in [-0.3, -0.25) is 9.79 Å². The highest BCUT2D eigenvalue weighted by Crippen LogP contribution is 2.33. The van der Waals surface area contributed by atoms with E-state index in [-0.39, 0.29) is 12.5 Å². The molecule has 7 heteroatoms. The number of fused-ring (bicyclic) bond motifs is 1. The number of carbonyl (C=O) groups is 1. The maximum absolute atomic E-state index is 11.7. The average Bonchev–Trinajstić information content (AvgIpc) is 3.12. The monoisotopic (exact) mass is 420 g/mol. The Bertz CT molecular complexity index is 1220. The topological polar surface area (TPSA) is 68.0 Å².